The number of rotatable bonds is 2. The summed E-state index contributed by atoms with van der Waals surface area (Å²) in [5, 5.41) is 13.9. The van der Waals surface area contributed by atoms with Gasteiger partial charge in [0, 0.05) is 12.1 Å². The third-order valence-electron chi connectivity index (χ3n) is 5.72. The molecule has 2 heteroatoms. The van der Waals surface area contributed by atoms with Gasteiger partial charge in [-0.25, -0.2) is 0 Å². The van der Waals surface area contributed by atoms with E-state index < -0.39 is 0 Å². The molecule has 0 spiro atoms. The first-order chi connectivity index (χ1) is 8.83. The molecule has 3 fully saturated rings. The predicted octanol–water partition coefficient (Wildman–Crippen LogP) is 3.24. The van der Waals surface area contributed by atoms with E-state index in [2.05, 4.69) is 5.32 Å². The van der Waals surface area contributed by atoms with E-state index in [1.807, 2.05) is 0 Å². The largest absolute Gasteiger partial charge is 0.392 e. The van der Waals surface area contributed by atoms with Gasteiger partial charge in [0.15, 0.2) is 0 Å². The summed E-state index contributed by atoms with van der Waals surface area (Å²) in [5.41, 5.74) is 0. The molecule has 0 aromatic carbocycles. The maximum atomic E-state index is 10.1. The quantitative estimate of drug-likeness (QED) is 0.789. The van der Waals surface area contributed by atoms with Crippen LogP contribution in [-0.4, -0.2) is 23.3 Å². The molecule has 3 aliphatic rings. The van der Waals surface area contributed by atoms with Crippen molar-refractivity contribution >= 4 is 0 Å². The van der Waals surface area contributed by atoms with Crippen LogP contribution in [0.3, 0.4) is 0 Å². The Kier molecular flexibility index (Phi) is 4.25. The van der Waals surface area contributed by atoms with E-state index in [1.54, 1.807) is 0 Å². The summed E-state index contributed by atoms with van der Waals surface area (Å²) in [6.45, 7) is 0. The van der Waals surface area contributed by atoms with Crippen molar-refractivity contribution in [3.8, 4) is 0 Å². The van der Waals surface area contributed by atoms with Crippen LogP contribution < -0.4 is 5.32 Å². The minimum Gasteiger partial charge on any atom is -0.392 e. The molecular weight excluding hydrogens is 222 g/mol. The fourth-order valence-corrected chi connectivity index (χ4v) is 4.63. The second kappa shape index (κ2) is 5.92. The fourth-order valence-electron chi connectivity index (χ4n) is 4.63. The van der Waals surface area contributed by atoms with Gasteiger partial charge in [-0.1, -0.05) is 38.5 Å². The molecule has 0 bridgehead atoms. The van der Waals surface area contributed by atoms with E-state index in [-0.39, 0.29) is 6.10 Å². The number of fused-ring (bicyclic) bond motifs is 1. The molecule has 0 aromatic rings. The normalized spacial score (nSPS) is 45.5. The molecule has 0 radical (unpaired) electrons. The van der Waals surface area contributed by atoms with Crippen LogP contribution in [-0.2, 0) is 0 Å². The standard InChI is InChI=1S/C16H29NO/c18-16-8-4-3-7-15(16)17-14-10-9-12-5-1-2-6-13(12)11-14/h12-18H,1-11H2. The molecule has 18 heavy (non-hydrogen) atoms. The van der Waals surface area contributed by atoms with Crippen molar-refractivity contribution in [2.45, 2.75) is 88.8 Å². The van der Waals surface area contributed by atoms with Crippen LogP contribution in [0.4, 0.5) is 0 Å². The van der Waals surface area contributed by atoms with Crippen molar-refractivity contribution in [3.63, 3.8) is 0 Å². The molecule has 2 nitrogen and oxygen atoms in total. The minimum atomic E-state index is -0.0807. The van der Waals surface area contributed by atoms with Gasteiger partial charge in [0.2, 0.25) is 0 Å². The Hall–Kier alpha value is -0.0800. The van der Waals surface area contributed by atoms with Crippen molar-refractivity contribution in [1.29, 1.82) is 0 Å². The Morgan fingerprint density at radius 3 is 2.28 bits per heavy atom. The molecule has 0 aliphatic heterocycles. The molecule has 2 N–H and O–H groups in total. The highest BCUT2D eigenvalue weighted by Crippen LogP contribution is 2.40. The molecule has 3 saturated carbocycles. The predicted molar refractivity (Wildman–Crippen MR) is 74.5 cm³/mol. The van der Waals surface area contributed by atoms with Crippen LogP contribution >= 0.6 is 0 Å². The summed E-state index contributed by atoms with van der Waals surface area (Å²) in [4.78, 5) is 0. The van der Waals surface area contributed by atoms with Crippen molar-refractivity contribution in [2.75, 3.05) is 0 Å². The van der Waals surface area contributed by atoms with Gasteiger partial charge in [0.25, 0.3) is 0 Å². The Bertz CT molecular complexity index is 268. The zero-order valence-electron chi connectivity index (χ0n) is 11.6. The van der Waals surface area contributed by atoms with Gasteiger partial charge >= 0.3 is 0 Å². The Morgan fingerprint density at radius 2 is 1.44 bits per heavy atom. The van der Waals surface area contributed by atoms with E-state index in [1.165, 1.54) is 64.2 Å². The van der Waals surface area contributed by atoms with Gasteiger partial charge in [-0.2, -0.15) is 0 Å². The van der Waals surface area contributed by atoms with Crippen molar-refractivity contribution in [2.24, 2.45) is 11.8 Å². The first kappa shape index (κ1) is 12.9. The Morgan fingerprint density at radius 1 is 0.722 bits per heavy atom. The summed E-state index contributed by atoms with van der Waals surface area (Å²) in [5.74, 6) is 2.03. The van der Waals surface area contributed by atoms with Crippen LogP contribution in [0.15, 0.2) is 0 Å². The highest BCUT2D eigenvalue weighted by molar-refractivity contribution is 4.90. The number of nitrogens with one attached hydrogen (secondary N) is 1. The van der Waals surface area contributed by atoms with Gasteiger partial charge in [-0.05, 0) is 43.9 Å². The molecule has 0 saturated heterocycles. The lowest BCUT2D eigenvalue weighted by Crippen LogP contribution is -2.49. The minimum absolute atomic E-state index is 0.0807. The van der Waals surface area contributed by atoms with Gasteiger partial charge in [0.05, 0.1) is 6.10 Å². The van der Waals surface area contributed by atoms with Gasteiger partial charge in [-0.3, -0.25) is 0 Å². The maximum absolute atomic E-state index is 10.1. The number of hydrogen-bond acceptors (Lipinski definition) is 2. The molecule has 0 aromatic heterocycles. The third kappa shape index (κ3) is 2.91. The van der Waals surface area contributed by atoms with E-state index in [0.29, 0.717) is 12.1 Å². The summed E-state index contributed by atoms with van der Waals surface area (Å²) in [6, 6.07) is 1.09. The summed E-state index contributed by atoms with van der Waals surface area (Å²) < 4.78 is 0. The van der Waals surface area contributed by atoms with Crippen molar-refractivity contribution < 1.29 is 5.11 Å². The molecule has 3 rings (SSSR count). The van der Waals surface area contributed by atoms with Crippen LogP contribution in [0.25, 0.3) is 0 Å². The first-order valence-electron chi connectivity index (χ1n) is 8.27. The molecular formula is C16H29NO. The second-order valence-corrected chi connectivity index (χ2v) is 6.94. The van der Waals surface area contributed by atoms with E-state index >= 15 is 0 Å². The lowest BCUT2D eigenvalue weighted by molar-refractivity contribution is 0.0687. The van der Waals surface area contributed by atoms with Crippen LogP contribution in [0.2, 0.25) is 0 Å². The highest BCUT2D eigenvalue weighted by atomic mass is 16.3. The lowest BCUT2D eigenvalue weighted by atomic mass is 9.69. The lowest BCUT2D eigenvalue weighted by Gasteiger charge is -2.42. The van der Waals surface area contributed by atoms with Crippen LogP contribution in [0, 0.1) is 11.8 Å². The van der Waals surface area contributed by atoms with E-state index in [9.17, 15) is 5.11 Å². The second-order valence-electron chi connectivity index (χ2n) is 6.94. The third-order valence-corrected chi connectivity index (χ3v) is 5.72. The van der Waals surface area contributed by atoms with Crippen molar-refractivity contribution in [1.82, 2.24) is 5.32 Å². The highest BCUT2D eigenvalue weighted by Gasteiger charge is 2.34. The SMILES string of the molecule is OC1CCCCC1NC1CCC2CCCCC2C1. The smallest absolute Gasteiger partial charge is 0.0693 e. The van der Waals surface area contributed by atoms with Crippen LogP contribution in [0.5, 0.6) is 0 Å². The molecule has 0 heterocycles. The number of hydrogen-bond donors (Lipinski definition) is 2. The molecule has 104 valence electrons. The van der Waals surface area contributed by atoms with Gasteiger partial charge in [-0.15, -0.1) is 0 Å². The number of aliphatic hydroxyl groups excluding tert-OH is 1. The zero-order valence-corrected chi connectivity index (χ0v) is 11.6. The van der Waals surface area contributed by atoms with Crippen LogP contribution in [0.1, 0.15) is 70.6 Å². The molecule has 5 unspecified atom stereocenters. The topological polar surface area (TPSA) is 32.3 Å². The van der Waals surface area contributed by atoms with Crippen molar-refractivity contribution in [3.05, 3.63) is 0 Å². The molecule has 3 aliphatic carbocycles. The fraction of sp³-hybridized carbons (Fsp3) is 1.00. The summed E-state index contributed by atoms with van der Waals surface area (Å²) >= 11 is 0. The average Bonchev–Trinajstić information content (AvgIpc) is 2.41. The zero-order chi connectivity index (χ0) is 12.4. The summed E-state index contributed by atoms with van der Waals surface area (Å²) in [7, 11) is 0. The van der Waals surface area contributed by atoms with E-state index in [0.717, 1.165) is 18.3 Å². The van der Waals surface area contributed by atoms with Gasteiger partial charge in [0.1, 0.15) is 0 Å². The Labute approximate surface area is 112 Å². The Balaban J connectivity index is 1.51. The molecule has 5 atom stereocenters. The summed E-state index contributed by atoms with van der Waals surface area (Å²) in [6.07, 6.45) is 14.7. The van der Waals surface area contributed by atoms with Gasteiger partial charge < -0.3 is 10.4 Å². The maximum Gasteiger partial charge on any atom is 0.0693 e. The number of aliphatic hydroxyl groups is 1. The average molecular weight is 251 g/mol. The molecule has 0 amide bonds. The first-order valence-corrected chi connectivity index (χ1v) is 8.27. The van der Waals surface area contributed by atoms with E-state index in [4.69, 9.17) is 0 Å². The monoisotopic (exact) mass is 251 g/mol.